The van der Waals surface area contributed by atoms with E-state index in [1.54, 1.807) is 0 Å². The van der Waals surface area contributed by atoms with Gasteiger partial charge in [-0.25, -0.2) is 0 Å². The molecule has 1 aromatic heterocycles. The number of fused-ring (bicyclic) bond motifs is 8. The van der Waals surface area contributed by atoms with Crippen molar-refractivity contribution in [2.24, 2.45) is 4.99 Å². The normalized spacial score (nSPS) is 14.2. The third-order valence-electron chi connectivity index (χ3n) is 11.6. The van der Waals surface area contributed by atoms with Crippen LogP contribution in [0.15, 0.2) is 205 Å². The highest BCUT2D eigenvalue weighted by atomic mass is 15.0. The monoisotopic (exact) mass is 674 g/mol. The Labute approximate surface area is 309 Å². The Kier molecular flexibility index (Phi) is 6.56. The third kappa shape index (κ3) is 4.24. The predicted molar refractivity (Wildman–Crippen MR) is 219 cm³/mol. The number of benzene rings is 8. The molecule has 0 saturated carbocycles. The molecule has 1 aliphatic carbocycles. The number of nitrogens with zero attached hydrogens (tertiary/aromatic N) is 2. The molecule has 0 amide bonds. The molecule has 53 heavy (non-hydrogen) atoms. The van der Waals surface area contributed by atoms with Gasteiger partial charge in [0.2, 0.25) is 0 Å². The topological polar surface area (TPSA) is 17.3 Å². The van der Waals surface area contributed by atoms with Crippen molar-refractivity contribution < 1.29 is 0 Å². The zero-order chi connectivity index (χ0) is 34.9. The molecule has 1 aliphatic heterocycles. The maximum Gasteiger partial charge on any atom is 0.0901 e. The molecule has 8 aromatic carbocycles. The molecule has 0 spiro atoms. The van der Waals surface area contributed by atoms with Gasteiger partial charge in [-0.15, -0.1) is 0 Å². The van der Waals surface area contributed by atoms with E-state index in [-0.39, 0.29) is 5.92 Å². The van der Waals surface area contributed by atoms with E-state index in [9.17, 15) is 0 Å². The highest BCUT2D eigenvalue weighted by Crippen LogP contribution is 2.55. The lowest BCUT2D eigenvalue weighted by atomic mass is 9.65. The van der Waals surface area contributed by atoms with Crippen LogP contribution in [-0.4, -0.2) is 10.3 Å². The molecule has 0 N–H and O–H groups in total. The number of hydrogen-bond acceptors (Lipinski definition) is 1. The van der Waals surface area contributed by atoms with Crippen LogP contribution in [0.2, 0.25) is 0 Å². The molecule has 248 valence electrons. The quantitative estimate of drug-likeness (QED) is 0.173. The summed E-state index contributed by atoms with van der Waals surface area (Å²) in [7, 11) is 0. The number of para-hydroxylation sites is 1. The molecule has 0 saturated heterocycles. The molecule has 2 heteroatoms. The second-order valence-electron chi connectivity index (χ2n) is 14.2. The first-order valence-corrected chi connectivity index (χ1v) is 18.4. The second-order valence-corrected chi connectivity index (χ2v) is 14.2. The van der Waals surface area contributed by atoms with Gasteiger partial charge in [0.25, 0.3) is 0 Å². The first-order chi connectivity index (χ1) is 26.3. The summed E-state index contributed by atoms with van der Waals surface area (Å²) in [5.74, 6) is 0.176. The first-order valence-electron chi connectivity index (χ1n) is 18.4. The number of aliphatic imine (C=N–C) groups is 1. The van der Waals surface area contributed by atoms with Gasteiger partial charge in [0.05, 0.1) is 27.8 Å². The molecule has 9 aromatic rings. The van der Waals surface area contributed by atoms with E-state index in [2.05, 4.69) is 205 Å². The second kappa shape index (κ2) is 11.6. The van der Waals surface area contributed by atoms with E-state index in [0.717, 1.165) is 28.2 Å². The van der Waals surface area contributed by atoms with Crippen LogP contribution in [-0.2, 0) is 5.41 Å². The van der Waals surface area contributed by atoms with Crippen molar-refractivity contribution in [3.05, 3.63) is 239 Å². The van der Waals surface area contributed by atoms with Gasteiger partial charge in [0, 0.05) is 22.4 Å². The largest absolute Gasteiger partial charge is 0.309 e. The summed E-state index contributed by atoms with van der Waals surface area (Å²) < 4.78 is 2.45. The van der Waals surface area contributed by atoms with Crippen LogP contribution in [0.4, 0.5) is 5.69 Å². The summed E-state index contributed by atoms with van der Waals surface area (Å²) in [5, 5.41) is 2.39. The highest BCUT2D eigenvalue weighted by molar-refractivity contribution is 6.23. The Morgan fingerprint density at radius 2 is 1.06 bits per heavy atom. The van der Waals surface area contributed by atoms with Crippen molar-refractivity contribution in [1.82, 2.24) is 4.57 Å². The minimum Gasteiger partial charge on any atom is -0.309 e. The Bertz CT molecular complexity index is 2800. The molecule has 0 atom stereocenters. The van der Waals surface area contributed by atoms with Gasteiger partial charge >= 0.3 is 0 Å². The molecule has 2 aliphatic rings. The summed E-state index contributed by atoms with van der Waals surface area (Å²) in [4.78, 5) is 5.75. The molecule has 0 bridgehead atoms. The van der Waals surface area contributed by atoms with Gasteiger partial charge in [0.1, 0.15) is 0 Å². The van der Waals surface area contributed by atoms with Crippen LogP contribution in [0.3, 0.4) is 0 Å². The summed E-state index contributed by atoms with van der Waals surface area (Å²) in [5.41, 5.74) is 16.4. The van der Waals surface area contributed by atoms with Gasteiger partial charge in [-0.3, -0.25) is 4.99 Å². The Morgan fingerprint density at radius 1 is 0.472 bits per heavy atom. The van der Waals surface area contributed by atoms with Crippen LogP contribution in [0, 0.1) is 0 Å². The number of rotatable bonds is 5. The molecule has 0 unspecified atom stereocenters. The van der Waals surface area contributed by atoms with Crippen LogP contribution in [0.5, 0.6) is 0 Å². The van der Waals surface area contributed by atoms with Gasteiger partial charge in [0.15, 0.2) is 0 Å². The lowest BCUT2D eigenvalue weighted by Gasteiger charge is -2.34. The van der Waals surface area contributed by atoms with Gasteiger partial charge in [-0.1, -0.05) is 176 Å². The minimum atomic E-state index is -0.597. The van der Waals surface area contributed by atoms with Gasteiger partial charge in [-0.05, 0) is 74.3 Å². The maximum atomic E-state index is 5.75. The van der Waals surface area contributed by atoms with Crippen molar-refractivity contribution in [1.29, 1.82) is 0 Å². The summed E-state index contributed by atoms with van der Waals surface area (Å²) in [6.45, 7) is 0. The first kappa shape index (κ1) is 29.9. The van der Waals surface area contributed by atoms with Crippen LogP contribution < -0.4 is 0 Å². The van der Waals surface area contributed by atoms with Crippen molar-refractivity contribution in [2.75, 3.05) is 0 Å². The Balaban J connectivity index is 1.19. The van der Waals surface area contributed by atoms with E-state index in [1.807, 2.05) is 0 Å². The predicted octanol–water partition coefficient (Wildman–Crippen LogP) is 12.4. The highest BCUT2D eigenvalue weighted by Gasteiger charge is 2.48. The molecule has 2 nitrogen and oxygen atoms in total. The van der Waals surface area contributed by atoms with Crippen LogP contribution >= 0.6 is 0 Å². The minimum absolute atomic E-state index is 0.176. The zero-order valence-electron chi connectivity index (χ0n) is 29.0. The van der Waals surface area contributed by atoms with Gasteiger partial charge in [-0.2, -0.15) is 0 Å². The molecule has 2 heterocycles. The zero-order valence-corrected chi connectivity index (χ0v) is 29.0. The van der Waals surface area contributed by atoms with Gasteiger partial charge < -0.3 is 4.57 Å². The lowest BCUT2D eigenvalue weighted by molar-refractivity contribution is 0.852. The summed E-state index contributed by atoms with van der Waals surface area (Å²) in [6, 6.07) is 73.1. The van der Waals surface area contributed by atoms with Crippen LogP contribution in [0.25, 0.3) is 38.6 Å². The van der Waals surface area contributed by atoms with E-state index in [0.29, 0.717) is 0 Å². The molecule has 0 radical (unpaired) electrons. The Hall–Kier alpha value is -6.77. The van der Waals surface area contributed by atoms with E-state index in [1.165, 1.54) is 60.8 Å². The standard InChI is InChI=1S/C51H34N2/c1-4-17-34(18-5-1)50-51(36-20-6-2-7-21-36,37-22-8-3-9-23-37)44-31-32-46-48(49(44)52-50)43-29-14-15-30-45(43)53(46)38-24-16-19-35(33-38)47-41-27-12-10-25-39(41)40-26-11-13-28-42(40)47/h1-33,47H. The fourth-order valence-electron chi connectivity index (χ4n) is 9.42. The van der Waals surface area contributed by atoms with E-state index >= 15 is 0 Å². The SMILES string of the molecule is c1ccc(C2=Nc3c(ccc4c3c3ccccc3n4-c3cccc(C4c5ccccc5-c5ccccc54)c3)C2(c2ccccc2)c2ccccc2)cc1. The fourth-order valence-corrected chi connectivity index (χ4v) is 9.42. The summed E-state index contributed by atoms with van der Waals surface area (Å²) >= 11 is 0. The van der Waals surface area contributed by atoms with Crippen LogP contribution in [0.1, 0.15) is 44.9 Å². The maximum absolute atomic E-state index is 5.75. The van der Waals surface area contributed by atoms with Crippen molar-refractivity contribution in [3.8, 4) is 16.8 Å². The van der Waals surface area contributed by atoms with Crippen molar-refractivity contribution >= 4 is 33.2 Å². The average molecular weight is 675 g/mol. The average Bonchev–Trinajstić information content (AvgIpc) is 3.88. The third-order valence-corrected chi connectivity index (χ3v) is 11.6. The fraction of sp³-hybridized carbons (Fsp3) is 0.0392. The Morgan fingerprint density at radius 3 is 1.74 bits per heavy atom. The lowest BCUT2D eigenvalue weighted by Crippen LogP contribution is -2.36. The molecular weight excluding hydrogens is 641 g/mol. The van der Waals surface area contributed by atoms with Crippen molar-refractivity contribution in [3.63, 3.8) is 0 Å². The number of aromatic nitrogens is 1. The van der Waals surface area contributed by atoms with E-state index < -0.39 is 5.41 Å². The van der Waals surface area contributed by atoms with E-state index in [4.69, 9.17) is 4.99 Å². The molecule has 11 rings (SSSR count). The number of hydrogen-bond donors (Lipinski definition) is 0. The smallest absolute Gasteiger partial charge is 0.0901 e. The summed E-state index contributed by atoms with van der Waals surface area (Å²) in [6.07, 6.45) is 0. The molecular formula is C51H34N2. The molecule has 0 fully saturated rings. The van der Waals surface area contributed by atoms with Crippen molar-refractivity contribution in [2.45, 2.75) is 11.3 Å².